The third-order valence-electron chi connectivity index (χ3n) is 1.45. The van der Waals surface area contributed by atoms with Gasteiger partial charge in [0.15, 0.2) is 0 Å². The highest BCUT2D eigenvalue weighted by atomic mass is 127. The van der Waals surface area contributed by atoms with Crippen LogP contribution in [0.5, 0.6) is 5.75 Å². The minimum atomic E-state index is 0.897. The predicted molar refractivity (Wildman–Crippen MR) is 55.3 cm³/mol. The van der Waals surface area contributed by atoms with E-state index in [-0.39, 0.29) is 0 Å². The minimum absolute atomic E-state index is 0.897. The van der Waals surface area contributed by atoms with Crippen LogP contribution >= 0.6 is 22.6 Å². The van der Waals surface area contributed by atoms with Crippen LogP contribution in [-0.2, 0) is 0 Å². The van der Waals surface area contributed by atoms with Crippen molar-refractivity contribution < 1.29 is 4.74 Å². The molecule has 11 heavy (non-hydrogen) atoms. The Bertz CT molecular complexity index is 250. The van der Waals surface area contributed by atoms with E-state index in [0.29, 0.717) is 0 Å². The monoisotopic (exact) mass is 263 g/mol. The van der Waals surface area contributed by atoms with E-state index >= 15 is 0 Å². The van der Waals surface area contributed by atoms with Crippen molar-refractivity contribution in [1.29, 1.82) is 0 Å². The van der Waals surface area contributed by atoms with Gasteiger partial charge in [-0.3, -0.25) is 0 Å². The van der Waals surface area contributed by atoms with Crippen LogP contribution in [0.3, 0.4) is 0 Å². The van der Waals surface area contributed by atoms with Gasteiger partial charge in [-0.15, -0.1) is 0 Å². The molecular weight excluding hydrogens is 253 g/mol. The van der Waals surface area contributed by atoms with E-state index in [1.54, 1.807) is 7.11 Å². The van der Waals surface area contributed by atoms with Crippen molar-refractivity contribution in [3.8, 4) is 5.75 Å². The fourth-order valence-electron chi connectivity index (χ4n) is 0.826. The van der Waals surface area contributed by atoms with Crippen LogP contribution < -0.4 is 10.1 Å². The van der Waals surface area contributed by atoms with Gasteiger partial charge in [0.05, 0.1) is 7.11 Å². The zero-order valence-corrected chi connectivity index (χ0v) is 8.68. The fourth-order valence-corrected chi connectivity index (χ4v) is 1.58. The Morgan fingerprint density at radius 2 is 2.18 bits per heavy atom. The molecule has 1 N–H and O–H groups in total. The Hall–Kier alpha value is -0.450. The number of hydrogen-bond acceptors (Lipinski definition) is 2. The van der Waals surface area contributed by atoms with Crippen molar-refractivity contribution >= 4 is 28.3 Å². The SMILES string of the molecule is CNc1ccc(OC)cc1I. The second kappa shape index (κ2) is 3.80. The van der Waals surface area contributed by atoms with Crippen LogP contribution in [-0.4, -0.2) is 14.2 Å². The summed E-state index contributed by atoms with van der Waals surface area (Å²) in [4.78, 5) is 0. The summed E-state index contributed by atoms with van der Waals surface area (Å²) in [7, 11) is 3.58. The molecule has 0 aromatic heterocycles. The smallest absolute Gasteiger partial charge is 0.120 e. The molecule has 0 bridgehead atoms. The summed E-state index contributed by atoms with van der Waals surface area (Å²) in [5, 5.41) is 3.08. The number of methoxy groups -OCH3 is 1. The summed E-state index contributed by atoms with van der Waals surface area (Å²) < 4.78 is 6.23. The highest BCUT2D eigenvalue weighted by Gasteiger charge is 1.97. The average molecular weight is 263 g/mol. The molecule has 0 spiro atoms. The van der Waals surface area contributed by atoms with Crippen molar-refractivity contribution in [2.75, 3.05) is 19.5 Å². The molecule has 0 aliphatic carbocycles. The van der Waals surface area contributed by atoms with Gasteiger partial charge in [0, 0.05) is 16.3 Å². The Morgan fingerprint density at radius 1 is 1.45 bits per heavy atom. The molecule has 0 aliphatic heterocycles. The first-order valence-electron chi connectivity index (χ1n) is 3.29. The van der Waals surface area contributed by atoms with E-state index in [1.165, 1.54) is 3.57 Å². The number of hydrogen-bond donors (Lipinski definition) is 1. The maximum absolute atomic E-state index is 5.06. The van der Waals surface area contributed by atoms with Gasteiger partial charge in [0.1, 0.15) is 5.75 Å². The number of benzene rings is 1. The number of ether oxygens (including phenoxy) is 1. The largest absolute Gasteiger partial charge is 0.497 e. The fraction of sp³-hybridized carbons (Fsp3) is 0.250. The molecule has 3 heteroatoms. The minimum Gasteiger partial charge on any atom is -0.497 e. The highest BCUT2D eigenvalue weighted by Crippen LogP contribution is 2.22. The van der Waals surface area contributed by atoms with E-state index in [9.17, 15) is 0 Å². The maximum Gasteiger partial charge on any atom is 0.120 e. The van der Waals surface area contributed by atoms with E-state index in [0.717, 1.165) is 11.4 Å². The molecule has 0 saturated carbocycles. The van der Waals surface area contributed by atoms with Crippen molar-refractivity contribution in [2.24, 2.45) is 0 Å². The molecule has 0 radical (unpaired) electrons. The first-order chi connectivity index (χ1) is 5.27. The van der Waals surface area contributed by atoms with E-state index in [2.05, 4.69) is 27.9 Å². The molecule has 60 valence electrons. The molecule has 1 rings (SSSR count). The van der Waals surface area contributed by atoms with Crippen LogP contribution in [0, 0.1) is 3.57 Å². The van der Waals surface area contributed by atoms with Crippen molar-refractivity contribution in [1.82, 2.24) is 0 Å². The van der Waals surface area contributed by atoms with Crippen molar-refractivity contribution in [2.45, 2.75) is 0 Å². The van der Waals surface area contributed by atoms with Gasteiger partial charge in [-0.05, 0) is 40.8 Å². The zero-order chi connectivity index (χ0) is 8.27. The third kappa shape index (κ3) is 1.99. The molecule has 2 nitrogen and oxygen atoms in total. The predicted octanol–water partition coefficient (Wildman–Crippen LogP) is 2.34. The molecule has 1 aromatic carbocycles. The first kappa shape index (κ1) is 8.64. The van der Waals surface area contributed by atoms with E-state index < -0.39 is 0 Å². The van der Waals surface area contributed by atoms with Crippen molar-refractivity contribution in [3.05, 3.63) is 21.8 Å². The second-order valence-electron chi connectivity index (χ2n) is 2.10. The Balaban J connectivity index is 2.99. The molecule has 1 aromatic rings. The standard InChI is InChI=1S/C8H10INO/c1-10-8-4-3-6(11-2)5-7(8)9/h3-5,10H,1-2H3. The van der Waals surface area contributed by atoms with Crippen LogP contribution in [0.15, 0.2) is 18.2 Å². The Morgan fingerprint density at radius 3 is 2.64 bits per heavy atom. The normalized spacial score (nSPS) is 9.36. The van der Waals surface area contributed by atoms with Crippen LogP contribution in [0.2, 0.25) is 0 Å². The lowest BCUT2D eigenvalue weighted by molar-refractivity contribution is 0.414. The third-order valence-corrected chi connectivity index (χ3v) is 2.34. The first-order valence-corrected chi connectivity index (χ1v) is 4.37. The second-order valence-corrected chi connectivity index (χ2v) is 3.26. The number of halogens is 1. The molecule has 0 heterocycles. The van der Waals surface area contributed by atoms with Gasteiger partial charge in [0.2, 0.25) is 0 Å². The molecule has 0 fully saturated rings. The summed E-state index contributed by atoms with van der Waals surface area (Å²) in [5.41, 5.74) is 1.13. The zero-order valence-electron chi connectivity index (χ0n) is 6.52. The molecular formula is C8H10INO. The topological polar surface area (TPSA) is 21.3 Å². The summed E-state index contributed by atoms with van der Waals surface area (Å²) >= 11 is 2.27. The lowest BCUT2D eigenvalue weighted by atomic mass is 10.3. The van der Waals surface area contributed by atoms with Crippen LogP contribution in [0.25, 0.3) is 0 Å². The van der Waals surface area contributed by atoms with Gasteiger partial charge < -0.3 is 10.1 Å². The van der Waals surface area contributed by atoms with Gasteiger partial charge in [-0.25, -0.2) is 0 Å². The summed E-state index contributed by atoms with van der Waals surface area (Å²) in [5.74, 6) is 0.897. The maximum atomic E-state index is 5.06. The Labute approximate surface area is 80.1 Å². The van der Waals surface area contributed by atoms with E-state index in [1.807, 2.05) is 25.2 Å². The summed E-state index contributed by atoms with van der Waals surface area (Å²) in [6, 6.07) is 5.93. The summed E-state index contributed by atoms with van der Waals surface area (Å²) in [6.45, 7) is 0. The molecule has 0 unspecified atom stereocenters. The van der Waals surface area contributed by atoms with Gasteiger partial charge >= 0.3 is 0 Å². The number of nitrogens with one attached hydrogen (secondary N) is 1. The molecule has 0 atom stereocenters. The quantitative estimate of drug-likeness (QED) is 0.827. The Kier molecular flexibility index (Phi) is 2.99. The van der Waals surface area contributed by atoms with Crippen LogP contribution in [0.1, 0.15) is 0 Å². The molecule has 0 amide bonds. The highest BCUT2D eigenvalue weighted by molar-refractivity contribution is 14.1. The summed E-state index contributed by atoms with van der Waals surface area (Å²) in [6.07, 6.45) is 0. The number of anilines is 1. The van der Waals surface area contributed by atoms with Gasteiger partial charge in [-0.2, -0.15) is 0 Å². The molecule has 0 saturated heterocycles. The van der Waals surface area contributed by atoms with Crippen LogP contribution in [0.4, 0.5) is 5.69 Å². The lowest BCUT2D eigenvalue weighted by Crippen LogP contribution is -1.91. The van der Waals surface area contributed by atoms with Crippen molar-refractivity contribution in [3.63, 3.8) is 0 Å². The average Bonchev–Trinajstić information content (AvgIpc) is 2.04. The van der Waals surface area contributed by atoms with Gasteiger partial charge in [-0.1, -0.05) is 0 Å². The number of rotatable bonds is 2. The van der Waals surface area contributed by atoms with Gasteiger partial charge in [0.25, 0.3) is 0 Å². The lowest BCUT2D eigenvalue weighted by Gasteiger charge is -2.05. The van der Waals surface area contributed by atoms with E-state index in [4.69, 9.17) is 4.74 Å². The molecule has 0 aliphatic rings.